The zero-order chi connectivity index (χ0) is 25.9. The van der Waals surface area contributed by atoms with E-state index in [1.54, 1.807) is 19.1 Å². The Morgan fingerprint density at radius 1 is 1.22 bits per heavy atom. The van der Waals surface area contributed by atoms with Crippen LogP contribution in [0.2, 0.25) is 5.02 Å². The zero-order valence-corrected chi connectivity index (χ0v) is 20.4. The third kappa shape index (κ3) is 4.16. The maximum absolute atomic E-state index is 13.6. The van der Waals surface area contributed by atoms with Crippen LogP contribution in [-0.2, 0) is 0 Å². The highest BCUT2D eigenvalue weighted by molar-refractivity contribution is 6.32. The molecule has 2 aromatic heterocycles. The minimum Gasteiger partial charge on any atom is -0.454 e. The van der Waals surface area contributed by atoms with E-state index in [4.69, 9.17) is 21.1 Å². The summed E-state index contributed by atoms with van der Waals surface area (Å²) in [6.45, 7) is 1.64. The summed E-state index contributed by atoms with van der Waals surface area (Å²) in [6.07, 6.45) is 2.42. The van der Waals surface area contributed by atoms with E-state index in [0.717, 1.165) is 36.4 Å². The highest BCUT2D eigenvalue weighted by Gasteiger charge is 2.55. The van der Waals surface area contributed by atoms with Crippen LogP contribution in [-0.4, -0.2) is 38.9 Å². The first-order valence-electron chi connectivity index (χ1n) is 11.8. The first-order chi connectivity index (χ1) is 17.8. The van der Waals surface area contributed by atoms with Gasteiger partial charge in [0.15, 0.2) is 17.3 Å². The number of halogens is 3. The van der Waals surface area contributed by atoms with Crippen LogP contribution in [0.25, 0.3) is 5.82 Å². The highest BCUT2D eigenvalue weighted by atomic mass is 35.5. The molecule has 37 heavy (non-hydrogen) atoms. The Hall–Kier alpha value is -3.73. The van der Waals surface area contributed by atoms with E-state index < -0.39 is 18.0 Å². The third-order valence-electron chi connectivity index (χ3n) is 6.96. The van der Waals surface area contributed by atoms with E-state index in [0.29, 0.717) is 17.2 Å². The first kappa shape index (κ1) is 23.7. The lowest BCUT2D eigenvalue weighted by atomic mass is 10.0. The van der Waals surface area contributed by atoms with Gasteiger partial charge in [0.2, 0.25) is 6.79 Å². The quantitative estimate of drug-likeness (QED) is 0.454. The average molecular weight is 530 g/mol. The first-order valence-corrected chi connectivity index (χ1v) is 12.2. The topological polar surface area (TPSA) is 107 Å². The number of carbonyl (C=O) groups excluding carboxylic acids is 2. The molecule has 0 unspecified atom stereocenters. The Labute approximate surface area is 215 Å². The van der Waals surface area contributed by atoms with Gasteiger partial charge < -0.3 is 20.1 Å². The summed E-state index contributed by atoms with van der Waals surface area (Å²) in [5, 5.41) is 9.86. The molecule has 12 heteroatoms. The van der Waals surface area contributed by atoms with E-state index in [2.05, 4.69) is 20.7 Å². The SMILES string of the molecule is Cc1cc2c(c(C(=O)NC3(C4CC4)CC3)c1NC(=O)c1cc(C(F)F)nn1-c1ncccc1Cl)OCO2. The zero-order valence-electron chi connectivity index (χ0n) is 19.7. The maximum Gasteiger partial charge on any atom is 0.282 e. The summed E-state index contributed by atoms with van der Waals surface area (Å²) < 4.78 is 39.2. The lowest BCUT2D eigenvalue weighted by molar-refractivity contribution is 0.0922. The number of aromatic nitrogens is 3. The van der Waals surface area contributed by atoms with Gasteiger partial charge in [0.25, 0.3) is 18.2 Å². The molecule has 0 bridgehead atoms. The lowest BCUT2D eigenvalue weighted by Gasteiger charge is -2.20. The molecule has 0 radical (unpaired) electrons. The molecule has 3 aromatic rings. The molecule has 2 aliphatic carbocycles. The van der Waals surface area contributed by atoms with Crippen molar-refractivity contribution in [2.24, 2.45) is 5.92 Å². The summed E-state index contributed by atoms with van der Waals surface area (Å²) >= 11 is 6.21. The molecule has 6 rings (SSSR count). The number of amides is 2. The van der Waals surface area contributed by atoms with Crippen LogP contribution in [0.4, 0.5) is 14.5 Å². The van der Waals surface area contributed by atoms with Gasteiger partial charge in [-0.15, -0.1) is 0 Å². The Morgan fingerprint density at radius 2 is 2.00 bits per heavy atom. The molecular formula is C25H22ClF2N5O4. The number of carbonyl (C=O) groups is 2. The number of benzene rings is 1. The summed E-state index contributed by atoms with van der Waals surface area (Å²) in [7, 11) is 0. The smallest absolute Gasteiger partial charge is 0.282 e. The molecule has 3 aliphatic rings. The third-order valence-corrected chi connectivity index (χ3v) is 7.26. The molecule has 2 saturated carbocycles. The maximum atomic E-state index is 13.6. The number of fused-ring (bicyclic) bond motifs is 1. The Kier molecular flexibility index (Phi) is 5.55. The minimum atomic E-state index is -2.93. The van der Waals surface area contributed by atoms with Crippen LogP contribution < -0.4 is 20.1 Å². The largest absolute Gasteiger partial charge is 0.454 e. The van der Waals surface area contributed by atoms with Crippen molar-refractivity contribution in [3.63, 3.8) is 0 Å². The van der Waals surface area contributed by atoms with E-state index >= 15 is 0 Å². The number of hydrogen-bond donors (Lipinski definition) is 2. The summed E-state index contributed by atoms with van der Waals surface area (Å²) in [5.74, 6) is -0.0848. The van der Waals surface area contributed by atoms with Gasteiger partial charge in [-0.1, -0.05) is 11.6 Å². The van der Waals surface area contributed by atoms with Gasteiger partial charge in [0.05, 0.1) is 10.7 Å². The van der Waals surface area contributed by atoms with Crippen molar-refractivity contribution in [3.8, 4) is 17.3 Å². The number of nitrogens with one attached hydrogen (secondary N) is 2. The summed E-state index contributed by atoms with van der Waals surface area (Å²) in [6, 6.07) is 5.70. The molecule has 9 nitrogen and oxygen atoms in total. The Bertz CT molecular complexity index is 1430. The standard InChI is InChI=1S/C25H22ClF2N5O4/c1-12-9-17-20(37-11-36-17)18(24(35)31-25(6-7-25)13-4-5-13)19(12)30-23(34)16-10-15(21(27)28)32-33(16)22-14(26)3-2-8-29-22/h2-3,8-10,13,21H,4-7,11H2,1H3,(H,30,34)(H,31,35). The summed E-state index contributed by atoms with van der Waals surface area (Å²) in [4.78, 5) is 31.2. The van der Waals surface area contributed by atoms with Crippen LogP contribution >= 0.6 is 11.6 Å². The monoisotopic (exact) mass is 529 g/mol. The van der Waals surface area contributed by atoms with Gasteiger partial charge in [0.1, 0.15) is 17.0 Å². The van der Waals surface area contributed by atoms with E-state index in [9.17, 15) is 18.4 Å². The molecule has 0 spiro atoms. The molecule has 0 atom stereocenters. The fourth-order valence-corrected chi connectivity index (χ4v) is 4.98. The predicted molar refractivity (Wildman–Crippen MR) is 129 cm³/mol. The van der Waals surface area contributed by atoms with Crippen molar-refractivity contribution in [1.82, 2.24) is 20.1 Å². The molecular weight excluding hydrogens is 508 g/mol. The second-order valence-corrected chi connectivity index (χ2v) is 9.90. The van der Waals surface area contributed by atoms with Crippen molar-refractivity contribution in [1.29, 1.82) is 0 Å². The van der Waals surface area contributed by atoms with Gasteiger partial charge in [-0.05, 0) is 68.4 Å². The van der Waals surface area contributed by atoms with Gasteiger partial charge >= 0.3 is 0 Å². The number of alkyl halides is 2. The Morgan fingerprint density at radius 3 is 2.68 bits per heavy atom. The van der Waals surface area contributed by atoms with Gasteiger partial charge in [-0.3, -0.25) is 9.59 Å². The molecule has 3 heterocycles. The van der Waals surface area contributed by atoms with Crippen LogP contribution in [0.15, 0.2) is 30.5 Å². The fraction of sp³-hybridized carbons (Fsp3) is 0.360. The van der Waals surface area contributed by atoms with Crippen molar-refractivity contribution in [2.45, 2.75) is 44.6 Å². The van der Waals surface area contributed by atoms with Crippen molar-refractivity contribution in [3.05, 3.63) is 58.0 Å². The molecule has 1 aromatic carbocycles. The van der Waals surface area contributed by atoms with E-state index in [-0.39, 0.29) is 51.8 Å². The lowest BCUT2D eigenvalue weighted by Crippen LogP contribution is -2.39. The van der Waals surface area contributed by atoms with E-state index in [1.807, 2.05) is 0 Å². The van der Waals surface area contributed by atoms with Crippen molar-refractivity contribution >= 4 is 29.1 Å². The summed E-state index contributed by atoms with van der Waals surface area (Å²) in [5.41, 5.74) is -0.214. The van der Waals surface area contributed by atoms with Crippen molar-refractivity contribution in [2.75, 3.05) is 12.1 Å². The van der Waals surface area contributed by atoms with E-state index in [1.165, 1.54) is 12.3 Å². The average Bonchev–Trinajstić information content (AvgIpc) is 3.77. The van der Waals surface area contributed by atoms with Crippen LogP contribution in [0.5, 0.6) is 11.5 Å². The second kappa shape index (κ2) is 8.69. The number of rotatable bonds is 7. The van der Waals surface area contributed by atoms with Gasteiger partial charge in [-0.25, -0.2) is 18.4 Å². The predicted octanol–water partition coefficient (Wildman–Crippen LogP) is 4.82. The van der Waals surface area contributed by atoms with Crippen LogP contribution in [0.3, 0.4) is 0 Å². The number of pyridine rings is 1. The second-order valence-electron chi connectivity index (χ2n) is 9.49. The molecule has 2 N–H and O–H groups in total. The van der Waals surface area contributed by atoms with Gasteiger partial charge in [0, 0.05) is 11.7 Å². The molecule has 2 fully saturated rings. The number of ether oxygens (including phenoxy) is 2. The molecule has 192 valence electrons. The van der Waals surface area contributed by atoms with Gasteiger partial charge in [-0.2, -0.15) is 5.10 Å². The van der Waals surface area contributed by atoms with Crippen LogP contribution in [0, 0.1) is 12.8 Å². The number of nitrogens with zero attached hydrogens (tertiary/aromatic N) is 3. The normalized spacial score (nSPS) is 17.1. The number of anilines is 1. The fourth-order valence-electron chi connectivity index (χ4n) is 4.78. The molecule has 2 amide bonds. The molecule has 1 aliphatic heterocycles. The van der Waals surface area contributed by atoms with Crippen LogP contribution in [0.1, 0.15) is 64.2 Å². The Balaban J connectivity index is 1.39. The van der Waals surface area contributed by atoms with Crippen molar-refractivity contribution < 1.29 is 27.8 Å². The number of hydrogen-bond acceptors (Lipinski definition) is 6. The number of aryl methyl sites for hydroxylation is 1. The molecule has 0 saturated heterocycles. The highest BCUT2D eigenvalue weighted by Crippen LogP contribution is 2.54. The minimum absolute atomic E-state index is 0.0155.